The average molecular weight is 288 g/mol. The Balaban J connectivity index is 2.09. The number of carbonyl (C=O) groups is 1. The maximum atomic E-state index is 12.2. The van der Waals surface area contributed by atoms with E-state index in [1.807, 2.05) is 44.2 Å². The van der Waals surface area contributed by atoms with Crippen LogP contribution in [0.3, 0.4) is 0 Å². The average Bonchev–Trinajstić information content (AvgIpc) is 2.75. The smallest absolute Gasteiger partial charge is 0.201 e. The number of ketones is 1. The Bertz CT molecular complexity index is 611. The first kappa shape index (κ1) is 14.8. The molecule has 0 amide bonds. The van der Waals surface area contributed by atoms with Gasteiger partial charge in [0.15, 0.2) is 6.61 Å². The van der Waals surface area contributed by atoms with Crippen molar-refractivity contribution < 1.29 is 9.53 Å². The van der Waals surface area contributed by atoms with Gasteiger partial charge in [-0.15, -0.1) is 11.3 Å². The zero-order chi connectivity index (χ0) is 14.7. The maximum absolute atomic E-state index is 12.2. The van der Waals surface area contributed by atoms with Crippen LogP contribution in [0.25, 0.3) is 0 Å². The van der Waals surface area contributed by atoms with Crippen molar-refractivity contribution in [2.24, 2.45) is 0 Å². The number of Topliss-reactive ketones (excluding diaryl/α,β-unsaturated/α-hetero) is 1. The van der Waals surface area contributed by atoms with Gasteiger partial charge >= 0.3 is 0 Å². The quantitative estimate of drug-likeness (QED) is 0.742. The van der Waals surface area contributed by atoms with Crippen LogP contribution < -0.4 is 4.74 Å². The lowest BCUT2D eigenvalue weighted by atomic mass is 10.0. The van der Waals surface area contributed by atoms with Crippen LogP contribution in [0.15, 0.2) is 30.3 Å². The number of hydrogen-bond donors (Lipinski definition) is 0. The van der Waals surface area contributed by atoms with Crippen molar-refractivity contribution in [2.75, 3.05) is 6.61 Å². The minimum Gasteiger partial charge on any atom is -0.485 e. The van der Waals surface area contributed by atoms with Crippen LogP contribution in [-0.4, -0.2) is 12.4 Å². The van der Waals surface area contributed by atoms with Crippen LogP contribution in [0.2, 0.25) is 0 Å². The molecule has 0 N–H and O–H groups in total. The van der Waals surface area contributed by atoms with Crippen molar-refractivity contribution in [1.82, 2.24) is 0 Å². The summed E-state index contributed by atoms with van der Waals surface area (Å²) in [4.78, 5) is 14.4. The van der Waals surface area contributed by atoms with Crippen molar-refractivity contribution in [3.63, 3.8) is 0 Å². The normalized spacial score (nSPS) is 10.8. The van der Waals surface area contributed by atoms with E-state index in [0.29, 0.717) is 5.92 Å². The van der Waals surface area contributed by atoms with Gasteiger partial charge in [-0.1, -0.05) is 32.0 Å². The lowest BCUT2D eigenvalue weighted by Gasteiger charge is -2.13. The second-order valence-electron chi connectivity index (χ2n) is 5.23. The molecule has 0 fully saturated rings. The number of ether oxygens (including phenoxy) is 1. The van der Waals surface area contributed by atoms with Crippen LogP contribution in [0, 0.1) is 13.8 Å². The predicted molar refractivity (Wildman–Crippen MR) is 84.1 cm³/mol. The first-order valence-electron chi connectivity index (χ1n) is 6.81. The highest BCUT2D eigenvalue weighted by molar-refractivity contribution is 7.12. The molecule has 2 rings (SSSR count). The molecule has 0 saturated carbocycles. The number of para-hydroxylation sites is 1. The molecule has 0 radical (unpaired) electrons. The fraction of sp³-hybridized carbons (Fsp3) is 0.353. The molecule has 2 nitrogen and oxygen atoms in total. The van der Waals surface area contributed by atoms with Crippen molar-refractivity contribution in [1.29, 1.82) is 0 Å². The summed E-state index contributed by atoms with van der Waals surface area (Å²) in [5.41, 5.74) is 1.92. The van der Waals surface area contributed by atoms with E-state index in [1.165, 1.54) is 0 Å². The van der Waals surface area contributed by atoms with E-state index in [-0.39, 0.29) is 12.4 Å². The highest BCUT2D eigenvalue weighted by Crippen LogP contribution is 2.26. The monoisotopic (exact) mass is 288 g/mol. The fourth-order valence-corrected chi connectivity index (χ4v) is 3.16. The molecular weight excluding hydrogens is 268 g/mol. The summed E-state index contributed by atoms with van der Waals surface area (Å²) in [6.45, 7) is 8.34. The van der Waals surface area contributed by atoms with Gasteiger partial charge in [0.2, 0.25) is 5.78 Å². The second kappa shape index (κ2) is 6.23. The lowest BCUT2D eigenvalue weighted by Crippen LogP contribution is -2.12. The lowest BCUT2D eigenvalue weighted by molar-refractivity contribution is 0.0920. The Kier molecular flexibility index (Phi) is 4.61. The number of carbonyl (C=O) groups excluding carboxylic acids is 1. The number of aryl methyl sites for hydroxylation is 2. The first-order valence-corrected chi connectivity index (χ1v) is 7.62. The van der Waals surface area contributed by atoms with Gasteiger partial charge in [-0.3, -0.25) is 4.79 Å². The van der Waals surface area contributed by atoms with Crippen LogP contribution in [0.1, 0.15) is 45.4 Å². The molecule has 1 aromatic carbocycles. The van der Waals surface area contributed by atoms with E-state index in [0.717, 1.165) is 26.6 Å². The summed E-state index contributed by atoms with van der Waals surface area (Å²) in [6, 6.07) is 9.85. The Morgan fingerprint density at radius 3 is 2.55 bits per heavy atom. The predicted octanol–water partition coefficient (Wildman–Crippen LogP) is 4.75. The minimum atomic E-state index is 0.0467. The summed E-state index contributed by atoms with van der Waals surface area (Å²) in [5.74, 6) is 1.23. The molecule has 0 atom stereocenters. The molecule has 0 spiro atoms. The summed E-state index contributed by atoms with van der Waals surface area (Å²) >= 11 is 1.65. The molecule has 1 aromatic heterocycles. The molecule has 0 bridgehead atoms. The van der Waals surface area contributed by atoms with Crippen LogP contribution >= 0.6 is 11.3 Å². The number of thiophene rings is 1. The number of rotatable bonds is 5. The molecule has 3 heteroatoms. The van der Waals surface area contributed by atoms with Gasteiger partial charge in [0, 0.05) is 15.3 Å². The third-order valence-electron chi connectivity index (χ3n) is 3.24. The summed E-state index contributed by atoms with van der Waals surface area (Å²) < 4.78 is 5.73. The molecule has 106 valence electrons. The first-order chi connectivity index (χ1) is 9.49. The van der Waals surface area contributed by atoms with Crippen LogP contribution in [-0.2, 0) is 0 Å². The third kappa shape index (κ3) is 3.28. The summed E-state index contributed by atoms with van der Waals surface area (Å²) in [7, 11) is 0. The van der Waals surface area contributed by atoms with E-state index in [9.17, 15) is 4.79 Å². The van der Waals surface area contributed by atoms with Crippen molar-refractivity contribution in [3.8, 4) is 5.75 Å². The van der Waals surface area contributed by atoms with Crippen LogP contribution in [0.4, 0.5) is 0 Å². The fourth-order valence-electron chi connectivity index (χ4n) is 2.22. The van der Waals surface area contributed by atoms with Gasteiger partial charge in [0.25, 0.3) is 0 Å². The summed E-state index contributed by atoms with van der Waals surface area (Å²) in [6.07, 6.45) is 0. The van der Waals surface area contributed by atoms with E-state index in [2.05, 4.69) is 13.8 Å². The third-order valence-corrected chi connectivity index (χ3v) is 4.21. The molecule has 2 aromatic rings. The zero-order valence-corrected chi connectivity index (χ0v) is 13.2. The SMILES string of the molecule is Cc1cc(C(=O)COc2ccccc2C(C)C)c(C)s1. The molecule has 1 heterocycles. The Hall–Kier alpha value is -1.61. The van der Waals surface area contributed by atoms with E-state index < -0.39 is 0 Å². The largest absolute Gasteiger partial charge is 0.485 e. The second-order valence-corrected chi connectivity index (χ2v) is 6.69. The summed E-state index contributed by atoms with van der Waals surface area (Å²) in [5, 5.41) is 0. The Labute approximate surface area is 124 Å². The Morgan fingerprint density at radius 2 is 1.95 bits per heavy atom. The molecular formula is C17H20O2S. The number of hydrogen-bond acceptors (Lipinski definition) is 3. The highest BCUT2D eigenvalue weighted by atomic mass is 32.1. The molecule has 0 aliphatic rings. The van der Waals surface area contributed by atoms with Gasteiger partial charge in [-0.25, -0.2) is 0 Å². The molecule has 0 aliphatic heterocycles. The van der Waals surface area contributed by atoms with E-state index in [1.54, 1.807) is 11.3 Å². The Morgan fingerprint density at radius 1 is 1.25 bits per heavy atom. The molecule has 0 unspecified atom stereocenters. The zero-order valence-electron chi connectivity index (χ0n) is 12.4. The maximum Gasteiger partial charge on any atom is 0.201 e. The standard InChI is InChI=1S/C17H20O2S/c1-11(2)14-7-5-6-8-17(14)19-10-16(18)15-9-12(3)20-13(15)4/h5-9,11H,10H2,1-4H3. The van der Waals surface area contributed by atoms with Crippen molar-refractivity contribution >= 4 is 17.1 Å². The molecule has 0 saturated heterocycles. The van der Waals surface area contributed by atoms with Crippen molar-refractivity contribution in [2.45, 2.75) is 33.6 Å². The highest BCUT2D eigenvalue weighted by Gasteiger charge is 2.14. The van der Waals surface area contributed by atoms with Gasteiger partial charge in [-0.2, -0.15) is 0 Å². The van der Waals surface area contributed by atoms with Gasteiger partial charge in [-0.05, 0) is 37.5 Å². The molecule has 20 heavy (non-hydrogen) atoms. The molecule has 0 aliphatic carbocycles. The topological polar surface area (TPSA) is 26.3 Å². The minimum absolute atomic E-state index is 0.0467. The van der Waals surface area contributed by atoms with Gasteiger partial charge in [0.1, 0.15) is 5.75 Å². The van der Waals surface area contributed by atoms with Crippen LogP contribution in [0.5, 0.6) is 5.75 Å². The van der Waals surface area contributed by atoms with E-state index in [4.69, 9.17) is 4.74 Å². The van der Waals surface area contributed by atoms with Gasteiger partial charge in [0.05, 0.1) is 0 Å². The number of benzene rings is 1. The van der Waals surface area contributed by atoms with Gasteiger partial charge < -0.3 is 4.74 Å². The van der Waals surface area contributed by atoms with E-state index >= 15 is 0 Å². The van der Waals surface area contributed by atoms with Crippen molar-refractivity contribution in [3.05, 3.63) is 51.2 Å².